The zero-order valence-corrected chi connectivity index (χ0v) is 33.5. The van der Waals surface area contributed by atoms with Crippen LogP contribution in [0.15, 0.2) is 53.3 Å². The van der Waals surface area contributed by atoms with Crippen molar-refractivity contribution in [1.29, 1.82) is 0 Å². The van der Waals surface area contributed by atoms with Gasteiger partial charge in [-0.05, 0) is 72.7 Å². The second-order valence-corrected chi connectivity index (χ2v) is 18.0. The van der Waals surface area contributed by atoms with Gasteiger partial charge in [0, 0.05) is 31.0 Å². The molecule has 0 spiro atoms. The number of anilines is 1. The lowest BCUT2D eigenvalue weighted by atomic mass is 9.94. The van der Waals surface area contributed by atoms with Crippen molar-refractivity contribution in [3.05, 3.63) is 109 Å². The smallest absolute Gasteiger partial charge is 0.344 e. The summed E-state index contributed by atoms with van der Waals surface area (Å²) >= 11 is 6.56. The Kier molecular flexibility index (Phi) is 9.37. The number of amides is 1. The summed E-state index contributed by atoms with van der Waals surface area (Å²) in [6.45, 7) is -1.08. The van der Waals surface area contributed by atoms with Gasteiger partial charge < -0.3 is 5.32 Å². The molecular formula is C39H30ClF9N8O4S. The predicted molar refractivity (Wildman–Crippen MR) is 205 cm³/mol. The fourth-order valence-electron chi connectivity index (χ4n) is 8.74. The quantitative estimate of drug-likeness (QED) is 0.127. The molecule has 0 aliphatic heterocycles. The molecular weight excluding hydrogens is 883 g/mol. The predicted octanol–water partition coefficient (Wildman–Crippen LogP) is 7.61. The number of carbonyl (C=O) groups is 1. The second kappa shape index (κ2) is 13.9. The van der Waals surface area contributed by atoms with Crippen LogP contribution in [0.1, 0.15) is 71.6 Å². The highest BCUT2D eigenvalue weighted by molar-refractivity contribution is 7.92. The Bertz CT molecular complexity index is 3050. The maximum atomic E-state index is 15.5. The van der Waals surface area contributed by atoms with Crippen molar-refractivity contribution in [3.8, 4) is 5.69 Å². The van der Waals surface area contributed by atoms with E-state index in [1.807, 2.05) is 0 Å². The van der Waals surface area contributed by atoms with E-state index in [2.05, 4.69) is 25.2 Å². The minimum Gasteiger partial charge on any atom is -0.344 e. The van der Waals surface area contributed by atoms with Crippen molar-refractivity contribution >= 4 is 55.2 Å². The zero-order valence-electron chi connectivity index (χ0n) is 32.0. The van der Waals surface area contributed by atoms with E-state index < -0.39 is 105 Å². The topological polar surface area (TPSA) is 146 Å². The molecule has 62 heavy (non-hydrogen) atoms. The Morgan fingerprint density at radius 3 is 2.35 bits per heavy atom. The van der Waals surface area contributed by atoms with Gasteiger partial charge in [-0.2, -0.15) is 32.1 Å². The van der Waals surface area contributed by atoms with Gasteiger partial charge in [-0.1, -0.05) is 17.7 Å². The molecule has 9 rings (SSSR count). The van der Waals surface area contributed by atoms with Crippen molar-refractivity contribution < 1.29 is 52.7 Å². The van der Waals surface area contributed by atoms with Crippen LogP contribution < -0.4 is 15.6 Å². The number of nitrogens with one attached hydrogen (secondary N) is 2. The monoisotopic (exact) mass is 912 g/mol. The molecule has 2 saturated carbocycles. The van der Waals surface area contributed by atoms with Gasteiger partial charge in [-0.3, -0.25) is 28.2 Å². The summed E-state index contributed by atoms with van der Waals surface area (Å²) < 4.78 is 161. The van der Waals surface area contributed by atoms with Gasteiger partial charge in [0.05, 0.1) is 50.2 Å². The van der Waals surface area contributed by atoms with Gasteiger partial charge in [-0.25, -0.2) is 31.0 Å². The van der Waals surface area contributed by atoms with Crippen molar-refractivity contribution in [3.63, 3.8) is 0 Å². The Hall–Kier alpha value is -5.64. The third-order valence-corrected chi connectivity index (χ3v) is 12.5. The van der Waals surface area contributed by atoms with Crippen LogP contribution in [0.2, 0.25) is 5.02 Å². The van der Waals surface area contributed by atoms with Gasteiger partial charge in [0.1, 0.15) is 35.4 Å². The molecule has 6 aromatic rings. The summed E-state index contributed by atoms with van der Waals surface area (Å²) in [5, 5.41) is 10.1. The first-order chi connectivity index (χ1) is 29.0. The van der Waals surface area contributed by atoms with E-state index in [0.29, 0.717) is 10.7 Å². The lowest BCUT2D eigenvalue weighted by molar-refractivity contribution is -0.160. The number of hydrogen-bond donors (Lipinski definition) is 2. The van der Waals surface area contributed by atoms with Crippen LogP contribution in [0.5, 0.6) is 0 Å². The van der Waals surface area contributed by atoms with Crippen molar-refractivity contribution in [2.75, 3.05) is 11.0 Å². The Morgan fingerprint density at radius 2 is 1.73 bits per heavy atom. The number of carbonyl (C=O) groups excluding carboxylic acids is 1. The molecule has 0 bridgehead atoms. The molecule has 0 saturated heterocycles. The van der Waals surface area contributed by atoms with Gasteiger partial charge in [-0.15, -0.1) is 0 Å². The number of benzene rings is 3. The molecule has 326 valence electrons. The summed E-state index contributed by atoms with van der Waals surface area (Å²) in [7, 11) is -2.60. The average Bonchev–Trinajstić information content (AvgIpc) is 4.06. The number of fused-ring (bicyclic) bond motifs is 5. The normalized spacial score (nSPS) is 19.2. The number of sulfonamides is 1. The van der Waals surface area contributed by atoms with Crippen LogP contribution in [0.4, 0.5) is 45.3 Å². The number of rotatable bonds is 11. The molecule has 3 aromatic heterocycles. The van der Waals surface area contributed by atoms with Crippen LogP contribution in [-0.2, 0) is 46.2 Å². The first-order valence-electron chi connectivity index (χ1n) is 18.8. The van der Waals surface area contributed by atoms with E-state index in [4.69, 9.17) is 11.6 Å². The highest BCUT2D eigenvalue weighted by Crippen LogP contribution is 2.68. The van der Waals surface area contributed by atoms with Gasteiger partial charge in [0.15, 0.2) is 5.82 Å². The van der Waals surface area contributed by atoms with E-state index >= 15 is 8.78 Å². The lowest BCUT2D eigenvalue weighted by Gasteiger charge is -2.25. The molecule has 3 atom stereocenters. The SMILES string of the molecule is Cn1nc(NS(C)(=O)=O)c2c(Cl)ccc(-n3c([C@H](Cc4cc(F)cc(F)c4)NC(=O)Cn4nc(C(F)F)c5c4C(F)(F)[C@@H]4C[C@H]54)nc4cc(C5(C(F)(F)F)CC5)ccc4c3=O)c21. The van der Waals surface area contributed by atoms with E-state index in [1.165, 1.54) is 19.2 Å². The maximum Gasteiger partial charge on any atom is 0.398 e. The average molecular weight is 913 g/mol. The Morgan fingerprint density at radius 1 is 1.03 bits per heavy atom. The molecule has 0 radical (unpaired) electrons. The van der Waals surface area contributed by atoms with E-state index in [0.717, 1.165) is 45.8 Å². The fourth-order valence-corrected chi connectivity index (χ4v) is 9.47. The molecule has 2 N–H and O–H groups in total. The number of aryl methyl sites for hydroxylation is 1. The summed E-state index contributed by atoms with van der Waals surface area (Å²) in [6.07, 6.45) is -8.27. The van der Waals surface area contributed by atoms with Crippen LogP contribution in [0.3, 0.4) is 0 Å². The van der Waals surface area contributed by atoms with Crippen LogP contribution in [0.25, 0.3) is 27.5 Å². The summed E-state index contributed by atoms with van der Waals surface area (Å²) in [4.78, 5) is 33.6. The van der Waals surface area contributed by atoms with Gasteiger partial charge in [0.2, 0.25) is 15.9 Å². The molecule has 0 unspecified atom stereocenters. The third kappa shape index (κ3) is 6.76. The van der Waals surface area contributed by atoms with Gasteiger partial charge >= 0.3 is 6.18 Å². The maximum absolute atomic E-state index is 15.5. The second-order valence-electron chi connectivity index (χ2n) is 15.8. The molecule has 3 aliphatic rings. The first kappa shape index (κ1) is 41.7. The summed E-state index contributed by atoms with van der Waals surface area (Å²) in [5.41, 5.74) is -6.11. The molecule has 23 heteroatoms. The summed E-state index contributed by atoms with van der Waals surface area (Å²) in [6, 6.07) is 6.55. The Labute approximate surface area is 348 Å². The molecule has 3 aliphatic carbocycles. The molecule has 12 nitrogen and oxygen atoms in total. The minimum absolute atomic E-state index is 0.00641. The number of aromatic nitrogens is 6. The minimum atomic E-state index is -4.68. The highest BCUT2D eigenvalue weighted by Gasteiger charge is 2.67. The van der Waals surface area contributed by atoms with E-state index in [9.17, 15) is 48.7 Å². The van der Waals surface area contributed by atoms with Crippen LogP contribution in [-0.4, -0.2) is 55.9 Å². The highest BCUT2D eigenvalue weighted by atomic mass is 35.5. The lowest BCUT2D eigenvalue weighted by Crippen LogP contribution is -2.38. The molecule has 2 fully saturated rings. The number of nitrogens with zero attached hydrogens (tertiary/aromatic N) is 6. The molecule has 3 aromatic carbocycles. The van der Waals surface area contributed by atoms with Crippen molar-refractivity contribution in [1.82, 2.24) is 34.4 Å². The van der Waals surface area contributed by atoms with Crippen LogP contribution >= 0.6 is 11.6 Å². The van der Waals surface area contributed by atoms with Crippen molar-refractivity contribution in [2.24, 2.45) is 13.0 Å². The molecule has 3 heterocycles. The van der Waals surface area contributed by atoms with Crippen LogP contribution in [0, 0.1) is 17.6 Å². The summed E-state index contributed by atoms with van der Waals surface area (Å²) in [5.74, 6) is -9.79. The molecule has 1 amide bonds. The number of hydrogen-bond acceptors (Lipinski definition) is 7. The fraction of sp³-hybridized carbons (Fsp3) is 0.359. The Balaban J connectivity index is 1.26. The van der Waals surface area contributed by atoms with E-state index in [1.54, 1.807) is 0 Å². The third-order valence-electron chi connectivity index (χ3n) is 11.6. The number of alkyl halides is 7. The van der Waals surface area contributed by atoms with Crippen molar-refractivity contribution in [2.45, 2.75) is 68.1 Å². The van der Waals surface area contributed by atoms with E-state index in [-0.39, 0.29) is 74.3 Å². The number of halogens is 10. The largest absolute Gasteiger partial charge is 0.398 e. The standard InChI is InChI=1S/C39H30ClF9N8O4S/c1-55-31-26(6-5-23(40)29(31)34(53-55)54-62(2,60)61)57-35(51-24-12-17(3-4-20(24)36(57)59)37(7-8-37)39(47,48)49)25(11-16-9-18(41)13-19(42)10-16)50-27(58)15-56-32-28(30(52-56)33(43)44)21-14-22(21)38(32,45)46/h3-6,9-10,12-13,21-22,25,33H,7-8,11,14-15H2,1-2H3,(H,50,58)(H,53,54)/t21-,22+,25-/m0/s1. The van der Waals surface area contributed by atoms with Gasteiger partial charge in [0.25, 0.3) is 17.9 Å². The zero-order chi connectivity index (χ0) is 44.6. The first-order valence-corrected chi connectivity index (χ1v) is 21.0.